The van der Waals surface area contributed by atoms with Gasteiger partial charge in [-0.25, -0.2) is 0 Å². The number of benzene rings is 2. The van der Waals surface area contributed by atoms with Crippen molar-refractivity contribution < 1.29 is 18.0 Å². The summed E-state index contributed by atoms with van der Waals surface area (Å²) in [6, 6.07) is 9.92. The molecule has 2 rings (SSSR count). The van der Waals surface area contributed by atoms with Crippen molar-refractivity contribution in [3.05, 3.63) is 53.1 Å². The zero-order valence-corrected chi connectivity index (χ0v) is 16.6. The molecule has 2 aromatic rings. The Balaban J connectivity index is 2.01. The summed E-state index contributed by atoms with van der Waals surface area (Å²) in [7, 11) is 3.33. The minimum Gasteiger partial charge on any atom is -0.378 e. The van der Waals surface area contributed by atoms with Crippen LogP contribution in [0.5, 0.6) is 0 Å². The lowest BCUT2D eigenvalue weighted by Crippen LogP contribution is -2.18. The van der Waals surface area contributed by atoms with Gasteiger partial charge in [-0.1, -0.05) is 6.07 Å². The van der Waals surface area contributed by atoms with E-state index in [9.17, 15) is 18.0 Å². The number of halogens is 3. The normalized spacial score (nSPS) is 11.4. The number of nitrogens with one attached hydrogen (secondary N) is 1. The molecule has 0 aliphatic carbocycles. The first kappa shape index (κ1) is 21.2. The van der Waals surface area contributed by atoms with Gasteiger partial charge in [0, 0.05) is 36.9 Å². The van der Waals surface area contributed by atoms with E-state index in [1.807, 2.05) is 32.0 Å². The summed E-state index contributed by atoms with van der Waals surface area (Å²) in [5.41, 5.74) is 1.72. The number of hydrogen-bond donors (Lipinski definition) is 1. The van der Waals surface area contributed by atoms with Crippen molar-refractivity contribution in [1.29, 1.82) is 0 Å². The fourth-order valence-electron chi connectivity index (χ4n) is 2.43. The molecule has 0 heterocycles. The summed E-state index contributed by atoms with van der Waals surface area (Å²) in [6.07, 6.45) is -4.41. The van der Waals surface area contributed by atoms with Crippen LogP contribution in [0, 0.1) is 13.8 Å². The van der Waals surface area contributed by atoms with Gasteiger partial charge in [-0.3, -0.25) is 4.79 Å². The topological polar surface area (TPSA) is 32.3 Å². The Morgan fingerprint density at radius 2 is 1.78 bits per heavy atom. The predicted molar refractivity (Wildman–Crippen MR) is 106 cm³/mol. The Morgan fingerprint density at radius 3 is 2.37 bits per heavy atom. The van der Waals surface area contributed by atoms with Crippen LogP contribution in [0.1, 0.15) is 23.1 Å². The molecular weight excluding hydrogens is 373 g/mol. The van der Waals surface area contributed by atoms with Crippen LogP contribution in [-0.4, -0.2) is 25.8 Å². The molecule has 0 unspecified atom stereocenters. The zero-order chi connectivity index (χ0) is 20.2. The van der Waals surface area contributed by atoms with E-state index in [0.29, 0.717) is 11.4 Å². The van der Waals surface area contributed by atoms with Gasteiger partial charge in [0.05, 0.1) is 11.3 Å². The molecule has 3 nitrogen and oxygen atoms in total. The second-order valence-electron chi connectivity index (χ2n) is 6.51. The largest absolute Gasteiger partial charge is 0.418 e. The first-order valence-corrected chi connectivity index (χ1v) is 9.45. The molecule has 0 bridgehead atoms. The van der Waals surface area contributed by atoms with E-state index in [4.69, 9.17) is 0 Å². The average Bonchev–Trinajstić information content (AvgIpc) is 2.57. The summed E-state index contributed by atoms with van der Waals surface area (Å²) in [5.74, 6) is 0.0558. The third kappa shape index (κ3) is 5.92. The van der Waals surface area contributed by atoms with Crippen molar-refractivity contribution in [2.75, 3.05) is 30.1 Å². The lowest BCUT2D eigenvalue weighted by Gasteiger charge is -2.18. The highest BCUT2D eigenvalue weighted by molar-refractivity contribution is 7.99. The van der Waals surface area contributed by atoms with Gasteiger partial charge in [0.2, 0.25) is 5.91 Å². The van der Waals surface area contributed by atoms with Gasteiger partial charge in [-0.2, -0.15) is 13.2 Å². The number of alkyl halides is 3. The van der Waals surface area contributed by atoms with E-state index >= 15 is 0 Å². The number of carbonyl (C=O) groups excluding carboxylic acids is 1. The van der Waals surface area contributed by atoms with E-state index in [-0.39, 0.29) is 12.1 Å². The standard InChI is InChI=1S/C20H23F3N2OS/c1-13-5-7-16(11-14(13)2)27-10-9-19(26)24-18-8-6-15(25(3)4)12-17(18)20(21,22)23/h5-8,11-12H,9-10H2,1-4H3,(H,24,26). The molecule has 2 aromatic carbocycles. The quantitative estimate of drug-likeness (QED) is 0.654. The number of thioether (sulfide) groups is 1. The number of nitrogens with zero attached hydrogens (tertiary/aromatic N) is 1. The molecule has 1 amide bonds. The van der Waals surface area contributed by atoms with Gasteiger partial charge in [0.25, 0.3) is 0 Å². The molecule has 0 aliphatic rings. The molecule has 0 aliphatic heterocycles. The van der Waals surface area contributed by atoms with Crippen LogP contribution in [-0.2, 0) is 11.0 Å². The van der Waals surface area contributed by atoms with Crippen molar-refractivity contribution in [2.45, 2.75) is 31.3 Å². The number of rotatable bonds is 6. The number of aryl methyl sites for hydroxylation is 2. The molecule has 7 heteroatoms. The van der Waals surface area contributed by atoms with E-state index in [0.717, 1.165) is 11.0 Å². The lowest BCUT2D eigenvalue weighted by molar-refractivity contribution is -0.136. The molecule has 0 saturated heterocycles. The maximum Gasteiger partial charge on any atom is 0.418 e. The highest BCUT2D eigenvalue weighted by Gasteiger charge is 2.34. The molecule has 0 atom stereocenters. The summed E-state index contributed by atoms with van der Waals surface area (Å²) in [5, 5.41) is 2.40. The van der Waals surface area contributed by atoms with Gasteiger partial charge < -0.3 is 10.2 Å². The van der Waals surface area contributed by atoms with Crippen LogP contribution < -0.4 is 10.2 Å². The van der Waals surface area contributed by atoms with E-state index in [1.54, 1.807) is 25.1 Å². The molecule has 27 heavy (non-hydrogen) atoms. The Labute approximate surface area is 161 Å². The molecule has 0 spiro atoms. The molecule has 0 aromatic heterocycles. The first-order valence-electron chi connectivity index (χ1n) is 8.46. The van der Waals surface area contributed by atoms with Crippen LogP contribution >= 0.6 is 11.8 Å². The SMILES string of the molecule is Cc1ccc(SCCC(=O)Nc2ccc(N(C)C)cc2C(F)(F)F)cc1C. The van der Waals surface area contributed by atoms with Gasteiger partial charge in [0.1, 0.15) is 0 Å². The van der Waals surface area contributed by atoms with Gasteiger partial charge >= 0.3 is 6.18 Å². The summed E-state index contributed by atoms with van der Waals surface area (Å²) in [6.45, 7) is 4.04. The van der Waals surface area contributed by atoms with Crippen molar-refractivity contribution in [2.24, 2.45) is 0 Å². The van der Waals surface area contributed by atoms with Crippen LogP contribution in [0.15, 0.2) is 41.3 Å². The minimum absolute atomic E-state index is 0.129. The zero-order valence-electron chi connectivity index (χ0n) is 15.8. The summed E-state index contributed by atoms with van der Waals surface area (Å²) >= 11 is 1.51. The molecule has 0 fully saturated rings. The van der Waals surface area contributed by atoms with Crippen LogP contribution in [0.3, 0.4) is 0 Å². The molecular formula is C20H23F3N2OS. The number of anilines is 2. The Morgan fingerprint density at radius 1 is 1.07 bits per heavy atom. The van der Waals surface area contributed by atoms with E-state index in [1.165, 1.54) is 29.0 Å². The minimum atomic E-state index is -4.54. The molecule has 1 N–H and O–H groups in total. The summed E-state index contributed by atoms with van der Waals surface area (Å²) < 4.78 is 39.9. The maximum absolute atomic E-state index is 13.3. The third-order valence-corrected chi connectivity index (χ3v) is 5.17. The maximum atomic E-state index is 13.3. The van der Waals surface area contributed by atoms with Crippen molar-refractivity contribution in [3.63, 3.8) is 0 Å². The van der Waals surface area contributed by atoms with Crippen LogP contribution in [0.25, 0.3) is 0 Å². The fourth-order valence-corrected chi connectivity index (χ4v) is 3.38. The Bertz CT molecular complexity index is 819. The molecule has 146 valence electrons. The second-order valence-corrected chi connectivity index (χ2v) is 7.68. The van der Waals surface area contributed by atoms with Crippen LogP contribution in [0.4, 0.5) is 24.5 Å². The van der Waals surface area contributed by atoms with Crippen LogP contribution in [0.2, 0.25) is 0 Å². The second kappa shape index (κ2) is 8.69. The predicted octanol–water partition coefficient (Wildman–Crippen LogP) is 5.51. The van der Waals surface area contributed by atoms with Crippen molar-refractivity contribution in [3.8, 4) is 0 Å². The molecule has 0 radical (unpaired) electrons. The van der Waals surface area contributed by atoms with E-state index < -0.39 is 17.6 Å². The lowest BCUT2D eigenvalue weighted by atomic mass is 10.1. The number of hydrogen-bond acceptors (Lipinski definition) is 3. The third-order valence-electron chi connectivity index (χ3n) is 4.18. The smallest absolute Gasteiger partial charge is 0.378 e. The molecule has 0 saturated carbocycles. The first-order chi connectivity index (χ1) is 12.6. The monoisotopic (exact) mass is 396 g/mol. The summed E-state index contributed by atoms with van der Waals surface area (Å²) in [4.78, 5) is 14.7. The number of carbonyl (C=O) groups is 1. The highest BCUT2D eigenvalue weighted by atomic mass is 32.2. The Hall–Kier alpha value is -2.15. The van der Waals surface area contributed by atoms with Gasteiger partial charge in [-0.05, 0) is 55.3 Å². The average molecular weight is 396 g/mol. The van der Waals surface area contributed by atoms with Crippen molar-refractivity contribution in [1.82, 2.24) is 0 Å². The Kier molecular flexibility index (Phi) is 6.81. The van der Waals surface area contributed by atoms with Crippen molar-refractivity contribution >= 4 is 29.0 Å². The fraction of sp³-hybridized carbons (Fsp3) is 0.350. The van der Waals surface area contributed by atoms with Gasteiger partial charge in [0.15, 0.2) is 0 Å². The highest BCUT2D eigenvalue weighted by Crippen LogP contribution is 2.37. The van der Waals surface area contributed by atoms with Gasteiger partial charge in [-0.15, -0.1) is 11.8 Å². The number of amides is 1. The van der Waals surface area contributed by atoms with E-state index in [2.05, 4.69) is 5.32 Å².